The van der Waals surface area contributed by atoms with Gasteiger partial charge in [0.25, 0.3) is 10.0 Å². The van der Waals surface area contributed by atoms with Crippen LogP contribution in [0.5, 0.6) is 5.75 Å². The summed E-state index contributed by atoms with van der Waals surface area (Å²) in [6.45, 7) is 0.458. The van der Waals surface area contributed by atoms with Gasteiger partial charge in [0.2, 0.25) is 0 Å². The van der Waals surface area contributed by atoms with Gasteiger partial charge in [0.05, 0.1) is 13.3 Å². The number of fused-ring (bicyclic) bond motifs is 1. The van der Waals surface area contributed by atoms with Crippen LogP contribution >= 0.6 is 12.4 Å². The zero-order chi connectivity index (χ0) is 21.0. The van der Waals surface area contributed by atoms with Gasteiger partial charge in [-0.15, -0.1) is 16.8 Å². The smallest absolute Gasteiger partial charge is 0.285 e. The van der Waals surface area contributed by atoms with Crippen molar-refractivity contribution in [3.8, 4) is 5.75 Å². The van der Waals surface area contributed by atoms with E-state index in [9.17, 15) is 8.42 Å². The fourth-order valence-corrected chi connectivity index (χ4v) is 4.31. The molecule has 0 N–H and O–H groups in total. The summed E-state index contributed by atoms with van der Waals surface area (Å²) in [5.41, 5.74) is 2.49. The second kappa shape index (κ2) is 9.72. The average molecular weight is 457 g/mol. The SMILES string of the molecule is COc1ccc(/C=N/N(CCc2ccncc2)C2=NS(=O)(=O)c3ccccc32)cc1.Cl. The van der Waals surface area contributed by atoms with Gasteiger partial charge in [0.1, 0.15) is 10.6 Å². The highest BCUT2D eigenvalue weighted by atomic mass is 35.5. The standard InChI is InChI=1S/C22H20N4O3S.ClH/c1-29-19-8-6-18(7-9-19)16-24-26(15-12-17-10-13-23-14-11-17)22-20-4-2-3-5-21(20)30(27,28)25-22;/h2-11,13-14,16H,12,15H2,1H3;1H/b24-16+;. The van der Waals surface area contributed by atoms with Gasteiger partial charge >= 0.3 is 0 Å². The number of amidine groups is 1. The number of hydrogen-bond donors (Lipinski definition) is 0. The minimum Gasteiger partial charge on any atom is -0.497 e. The van der Waals surface area contributed by atoms with Crippen LogP contribution in [-0.4, -0.2) is 44.1 Å². The van der Waals surface area contributed by atoms with Crippen LogP contribution in [0.3, 0.4) is 0 Å². The second-order valence-corrected chi connectivity index (χ2v) is 8.20. The van der Waals surface area contributed by atoms with Gasteiger partial charge in [-0.1, -0.05) is 12.1 Å². The molecular weight excluding hydrogens is 436 g/mol. The van der Waals surface area contributed by atoms with Crippen molar-refractivity contribution in [1.82, 2.24) is 9.99 Å². The number of pyridine rings is 1. The first-order valence-electron chi connectivity index (χ1n) is 9.36. The highest BCUT2D eigenvalue weighted by Gasteiger charge is 2.31. The number of hydrogen-bond acceptors (Lipinski definition) is 6. The molecular formula is C22H21ClN4O3S. The lowest BCUT2D eigenvalue weighted by Gasteiger charge is -2.19. The first-order valence-corrected chi connectivity index (χ1v) is 10.8. The summed E-state index contributed by atoms with van der Waals surface area (Å²) in [5, 5.41) is 6.20. The van der Waals surface area contributed by atoms with Crippen LogP contribution in [0.4, 0.5) is 0 Å². The zero-order valence-corrected chi connectivity index (χ0v) is 18.4. The maximum Gasteiger partial charge on any atom is 0.285 e. The molecule has 3 aromatic rings. The van der Waals surface area contributed by atoms with Gasteiger partial charge in [0.15, 0.2) is 5.84 Å². The Morgan fingerprint density at radius 1 is 1.03 bits per heavy atom. The third kappa shape index (κ3) is 5.10. The first kappa shape index (κ1) is 22.5. The molecule has 0 spiro atoms. The molecule has 4 rings (SSSR count). The number of sulfonamides is 1. The van der Waals surface area contributed by atoms with E-state index in [1.807, 2.05) is 36.4 Å². The molecule has 0 unspecified atom stereocenters. The van der Waals surface area contributed by atoms with E-state index in [2.05, 4.69) is 14.5 Å². The maximum atomic E-state index is 12.5. The van der Waals surface area contributed by atoms with E-state index in [0.717, 1.165) is 16.9 Å². The first-order chi connectivity index (χ1) is 14.6. The topological polar surface area (TPSA) is 84.2 Å². The van der Waals surface area contributed by atoms with E-state index in [-0.39, 0.29) is 17.3 Å². The lowest BCUT2D eigenvalue weighted by atomic mass is 10.1. The largest absolute Gasteiger partial charge is 0.497 e. The molecule has 1 aliphatic rings. The number of benzene rings is 2. The molecule has 0 aliphatic carbocycles. The lowest BCUT2D eigenvalue weighted by molar-refractivity contribution is 0.415. The van der Waals surface area contributed by atoms with Crippen LogP contribution in [-0.2, 0) is 16.4 Å². The molecule has 7 nitrogen and oxygen atoms in total. The summed E-state index contributed by atoms with van der Waals surface area (Å²) >= 11 is 0. The Labute approximate surface area is 187 Å². The number of rotatable bonds is 6. The van der Waals surface area contributed by atoms with E-state index in [0.29, 0.717) is 24.4 Å². The molecule has 0 atom stereocenters. The summed E-state index contributed by atoms with van der Waals surface area (Å²) < 4.78 is 34.2. The van der Waals surface area contributed by atoms with Gasteiger partial charge in [-0.25, -0.2) is 5.01 Å². The van der Waals surface area contributed by atoms with Crippen molar-refractivity contribution in [2.75, 3.05) is 13.7 Å². The number of aromatic nitrogens is 1. The number of methoxy groups -OCH3 is 1. The van der Waals surface area contributed by atoms with Crippen molar-refractivity contribution in [2.45, 2.75) is 11.3 Å². The van der Waals surface area contributed by atoms with Crippen molar-refractivity contribution >= 4 is 34.5 Å². The van der Waals surface area contributed by atoms with Crippen LogP contribution in [0, 0.1) is 0 Å². The quantitative estimate of drug-likeness (QED) is 0.418. The number of halogens is 1. The van der Waals surface area contributed by atoms with Gasteiger partial charge in [-0.05, 0) is 66.1 Å². The fraction of sp³-hybridized carbons (Fsp3) is 0.136. The minimum atomic E-state index is -3.73. The maximum absolute atomic E-state index is 12.5. The van der Waals surface area contributed by atoms with Crippen molar-refractivity contribution in [2.24, 2.45) is 9.50 Å². The zero-order valence-electron chi connectivity index (χ0n) is 16.7. The third-order valence-corrected chi connectivity index (χ3v) is 6.01. The van der Waals surface area contributed by atoms with Crippen LogP contribution < -0.4 is 4.74 Å². The van der Waals surface area contributed by atoms with Crippen LogP contribution in [0.2, 0.25) is 0 Å². The molecule has 160 valence electrons. The molecule has 2 aromatic carbocycles. The molecule has 31 heavy (non-hydrogen) atoms. The Kier molecular flexibility index (Phi) is 7.04. The van der Waals surface area contributed by atoms with Gasteiger partial charge in [0, 0.05) is 24.5 Å². The monoisotopic (exact) mass is 456 g/mol. The molecule has 0 saturated carbocycles. The predicted octanol–water partition coefficient (Wildman–Crippen LogP) is 3.54. The predicted molar refractivity (Wildman–Crippen MR) is 123 cm³/mol. The normalized spacial score (nSPS) is 13.9. The van der Waals surface area contributed by atoms with E-state index < -0.39 is 10.0 Å². The lowest BCUT2D eigenvalue weighted by Crippen LogP contribution is -2.28. The van der Waals surface area contributed by atoms with Crippen LogP contribution in [0.25, 0.3) is 0 Å². The minimum absolute atomic E-state index is 0. The van der Waals surface area contributed by atoms with Crippen molar-refractivity contribution in [1.29, 1.82) is 0 Å². The van der Waals surface area contributed by atoms with Gasteiger partial charge in [-0.3, -0.25) is 4.98 Å². The molecule has 9 heteroatoms. The fourth-order valence-electron chi connectivity index (χ4n) is 3.10. The molecule has 2 heterocycles. The summed E-state index contributed by atoms with van der Waals surface area (Å²) in [4.78, 5) is 4.23. The third-order valence-electron chi connectivity index (χ3n) is 4.68. The Morgan fingerprint density at radius 2 is 1.74 bits per heavy atom. The van der Waals surface area contributed by atoms with E-state index in [4.69, 9.17) is 4.74 Å². The average Bonchev–Trinajstić information content (AvgIpc) is 3.06. The van der Waals surface area contributed by atoms with E-state index in [1.165, 1.54) is 0 Å². The molecule has 0 saturated heterocycles. The number of nitrogens with zero attached hydrogens (tertiary/aromatic N) is 4. The van der Waals surface area contributed by atoms with Crippen LogP contribution in [0.15, 0.2) is 87.5 Å². The molecule has 1 aliphatic heterocycles. The van der Waals surface area contributed by atoms with Gasteiger partial charge in [-0.2, -0.15) is 13.5 Å². The summed E-state index contributed by atoms with van der Waals surface area (Å²) in [6.07, 6.45) is 5.80. The summed E-state index contributed by atoms with van der Waals surface area (Å²) in [5.74, 6) is 1.08. The Bertz CT molecular complexity index is 1200. The van der Waals surface area contributed by atoms with Gasteiger partial charge < -0.3 is 4.74 Å². The van der Waals surface area contributed by atoms with E-state index >= 15 is 0 Å². The molecule has 0 radical (unpaired) electrons. The highest BCUT2D eigenvalue weighted by molar-refractivity contribution is 7.90. The molecule has 1 aromatic heterocycles. The summed E-state index contributed by atoms with van der Waals surface area (Å²) in [7, 11) is -2.12. The highest BCUT2D eigenvalue weighted by Crippen LogP contribution is 2.27. The molecule has 0 fully saturated rings. The van der Waals surface area contributed by atoms with Crippen molar-refractivity contribution < 1.29 is 13.2 Å². The Morgan fingerprint density at radius 3 is 2.45 bits per heavy atom. The Balaban J connectivity index is 0.00000272. The van der Waals surface area contributed by atoms with Crippen molar-refractivity contribution in [3.63, 3.8) is 0 Å². The molecule has 0 bridgehead atoms. The molecule has 0 amide bonds. The van der Waals surface area contributed by atoms with E-state index in [1.54, 1.807) is 55.0 Å². The summed E-state index contributed by atoms with van der Waals surface area (Å²) in [6, 6.07) is 18.1. The second-order valence-electron chi connectivity index (χ2n) is 6.63. The number of ether oxygens (including phenoxy) is 1. The Hall–Kier alpha value is -3.23. The van der Waals surface area contributed by atoms with Crippen LogP contribution in [0.1, 0.15) is 16.7 Å². The number of hydrazone groups is 1. The van der Waals surface area contributed by atoms with Crippen molar-refractivity contribution in [3.05, 3.63) is 89.7 Å².